The fraction of sp³-hybridized carbons (Fsp3) is 0.632. The number of rotatable bonds is 4. The molecule has 4 rings (SSSR count). The highest BCUT2D eigenvalue weighted by molar-refractivity contribution is 8.00. The molecule has 4 nitrogen and oxygen atoms in total. The fourth-order valence-corrected chi connectivity index (χ4v) is 5.55. The van der Waals surface area contributed by atoms with Gasteiger partial charge in [0.25, 0.3) is 0 Å². The third-order valence-electron chi connectivity index (χ3n) is 4.60. The first-order valence-corrected chi connectivity index (χ1v) is 11.0. The number of nitrogens with zero attached hydrogens (tertiary/aromatic N) is 2. The zero-order chi connectivity index (χ0) is 17.6. The Kier molecular flexibility index (Phi) is 4.52. The van der Waals surface area contributed by atoms with Gasteiger partial charge in [-0.3, -0.25) is 4.79 Å². The molecule has 1 saturated carbocycles. The van der Waals surface area contributed by atoms with Gasteiger partial charge in [0.05, 0.1) is 5.75 Å². The zero-order valence-electron chi connectivity index (χ0n) is 15.1. The van der Waals surface area contributed by atoms with Gasteiger partial charge in [-0.1, -0.05) is 11.8 Å². The molecule has 0 aromatic carbocycles. The van der Waals surface area contributed by atoms with Crippen molar-refractivity contribution < 1.29 is 4.79 Å². The summed E-state index contributed by atoms with van der Waals surface area (Å²) in [6, 6.07) is 0. The van der Waals surface area contributed by atoms with Gasteiger partial charge in [-0.05, 0) is 64.9 Å². The molecule has 0 saturated heterocycles. The van der Waals surface area contributed by atoms with Gasteiger partial charge in [0.15, 0.2) is 0 Å². The van der Waals surface area contributed by atoms with Crippen LogP contribution in [-0.4, -0.2) is 27.2 Å². The average molecular weight is 376 g/mol. The van der Waals surface area contributed by atoms with Crippen molar-refractivity contribution in [1.29, 1.82) is 0 Å². The molecule has 1 amide bonds. The smallest absolute Gasteiger partial charge is 0.230 e. The second-order valence-corrected chi connectivity index (χ2v) is 10.2. The maximum atomic E-state index is 12.3. The Bertz CT molecular complexity index is 818. The molecule has 2 aromatic rings. The van der Waals surface area contributed by atoms with Crippen molar-refractivity contribution in [1.82, 2.24) is 15.3 Å². The Balaban J connectivity index is 1.66. The molecular weight excluding hydrogens is 350 g/mol. The summed E-state index contributed by atoms with van der Waals surface area (Å²) in [6.45, 7) is 6.04. The molecule has 0 aliphatic heterocycles. The second kappa shape index (κ2) is 6.54. The molecule has 0 atom stereocenters. The predicted molar refractivity (Wildman–Crippen MR) is 105 cm³/mol. The molecule has 134 valence electrons. The fourth-order valence-electron chi connectivity index (χ4n) is 3.36. The Morgan fingerprint density at radius 3 is 2.72 bits per heavy atom. The van der Waals surface area contributed by atoms with Gasteiger partial charge >= 0.3 is 0 Å². The molecule has 0 unspecified atom stereocenters. The number of carbonyl (C=O) groups excluding carboxylic acids is 1. The van der Waals surface area contributed by atoms with E-state index in [1.54, 1.807) is 11.8 Å². The van der Waals surface area contributed by atoms with Crippen LogP contribution in [0.4, 0.5) is 0 Å². The van der Waals surface area contributed by atoms with Crippen LogP contribution in [0.2, 0.25) is 0 Å². The van der Waals surface area contributed by atoms with Gasteiger partial charge in [0, 0.05) is 21.7 Å². The average Bonchev–Trinajstić information content (AvgIpc) is 3.31. The van der Waals surface area contributed by atoms with Crippen molar-refractivity contribution >= 4 is 39.2 Å². The van der Waals surface area contributed by atoms with E-state index >= 15 is 0 Å². The van der Waals surface area contributed by atoms with E-state index in [-0.39, 0.29) is 11.4 Å². The lowest BCUT2D eigenvalue weighted by Crippen LogP contribution is -2.41. The highest BCUT2D eigenvalue weighted by Crippen LogP contribution is 2.43. The number of carbonyl (C=O) groups is 1. The maximum absolute atomic E-state index is 12.3. The number of thioether (sulfide) groups is 1. The molecule has 1 fully saturated rings. The summed E-state index contributed by atoms with van der Waals surface area (Å²) in [5, 5.41) is 5.30. The van der Waals surface area contributed by atoms with E-state index in [9.17, 15) is 4.79 Å². The number of hydrogen-bond donors (Lipinski definition) is 1. The minimum atomic E-state index is -0.195. The molecule has 6 heteroatoms. The van der Waals surface area contributed by atoms with Crippen LogP contribution < -0.4 is 5.32 Å². The molecule has 0 radical (unpaired) electrons. The van der Waals surface area contributed by atoms with Crippen molar-refractivity contribution in [3.05, 3.63) is 16.3 Å². The van der Waals surface area contributed by atoms with Crippen molar-refractivity contribution in [3.63, 3.8) is 0 Å². The van der Waals surface area contributed by atoms with Gasteiger partial charge in [0.1, 0.15) is 15.7 Å². The first-order chi connectivity index (χ1) is 11.9. The molecule has 25 heavy (non-hydrogen) atoms. The molecule has 0 spiro atoms. The van der Waals surface area contributed by atoms with Crippen molar-refractivity contribution in [2.24, 2.45) is 0 Å². The monoisotopic (exact) mass is 375 g/mol. The first-order valence-electron chi connectivity index (χ1n) is 9.17. The largest absolute Gasteiger partial charge is 0.351 e. The third-order valence-corrected chi connectivity index (χ3v) is 6.76. The van der Waals surface area contributed by atoms with Gasteiger partial charge in [0.2, 0.25) is 5.91 Å². The molecular formula is C19H25N3OS2. The van der Waals surface area contributed by atoms with Gasteiger partial charge < -0.3 is 5.32 Å². The van der Waals surface area contributed by atoms with Crippen LogP contribution in [-0.2, 0) is 17.6 Å². The number of amides is 1. The van der Waals surface area contributed by atoms with Crippen LogP contribution in [0.5, 0.6) is 0 Å². The lowest BCUT2D eigenvalue weighted by Gasteiger charge is -2.20. The number of nitrogens with one attached hydrogen (secondary N) is 1. The van der Waals surface area contributed by atoms with E-state index in [0.29, 0.717) is 11.7 Å². The van der Waals surface area contributed by atoms with Crippen LogP contribution in [0, 0.1) is 0 Å². The SMILES string of the molecule is CC(C)(C)NC(=O)CSc1nc(C2CC2)nc2sc3c(c12)CCCC3. The number of thiophene rings is 1. The van der Waals surface area contributed by atoms with E-state index in [2.05, 4.69) is 5.32 Å². The summed E-state index contributed by atoms with van der Waals surface area (Å²) >= 11 is 3.43. The summed E-state index contributed by atoms with van der Waals surface area (Å²) in [5.74, 6) is 2.01. The van der Waals surface area contributed by atoms with Crippen molar-refractivity contribution in [3.8, 4) is 0 Å². The van der Waals surface area contributed by atoms with E-state index in [1.807, 2.05) is 32.1 Å². The lowest BCUT2D eigenvalue weighted by molar-refractivity contribution is -0.119. The van der Waals surface area contributed by atoms with Crippen LogP contribution in [0.15, 0.2) is 5.03 Å². The predicted octanol–water partition coefficient (Wildman–Crippen LogP) is 4.45. The van der Waals surface area contributed by atoms with Crippen molar-refractivity contribution in [2.75, 3.05) is 5.75 Å². The summed E-state index contributed by atoms with van der Waals surface area (Å²) < 4.78 is 0. The highest BCUT2D eigenvalue weighted by atomic mass is 32.2. The third kappa shape index (κ3) is 3.85. The maximum Gasteiger partial charge on any atom is 0.230 e. The summed E-state index contributed by atoms with van der Waals surface area (Å²) in [4.78, 5) is 24.7. The molecule has 2 aliphatic carbocycles. The summed E-state index contributed by atoms with van der Waals surface area (Å²) in [7, 11) is 0. The minimum absolute atomic E-state index is 0.0707. The Morgan fingerprint density at radius 1 is 1.24 bits per heavy atom. The van der Waals surface area contributed by atoms with Gasteiger partial charge in [-0.2, -0.15) is 0 Å². The van der Waals surface area contributed by atoms with Gasteiger partial charge in [-0.15, -0.1) is 11.3 Å². The number of fused-ring (bicyclic) bond motifs is 3. The van der Waals surface area contributed by atoms with Crippen LogP contribution in [0.3, 0.4) is 0 Å². The Morgan fingerprint density at radius 2 is 2.00 bits per heavy atom. The van der Waals surface area contributed by atoms with Crippen LogP contribution >= 0.6 is 23.1 Å². The lowest BCUT2D eigenvalue weighted by atomic mass is 9.97. The first kappa shape index (κ1) is 17.3. The molecule has 0 bridgehead atoms. The molecule has 2 aliphatic rings. The summed E-state index contributed by atoms with van der Waals surface area (Å²) in [6.07, 6.45) is 7.22. The molecule has 2 aromatic heterocycles. The second-order valence-electron chi connectivity index (χ2n) is 8.14. The summed E-state index contributed by atoms with van der Waals surface area (Å²) in [5.41, 5.74) is 1.26. The van der Waals surface area contributed by atoms with E-state index in [4.69, 9.17) is 9.97 Å². The van der Waals surface area contributed by atoms with Crippen LogP contribution in [0.25, 0.3) is 10.2 Å². The van der Waals surface area contributed by atoms with E-state index in [1.165, 1.54) is 47.9 Å². The standard InChI is InChI=1S/C19H25N3OS2/c1-19(2,3)22-14(23)10-24-17-15-12-6-4-5-7-13(12)25-18(15)21-16(20-17)11-8-9-11/h11H,4-10H2,1-3H3,(H,22,23). The minimum Gasteiger partial charge on any atom is -0.351 e. The van der Waals surface area contributed by atoms with Crippen LogP contribution in [0.1, 0.15) is 68.6 Å². The number of hydrogen-bond acceptors (Lipinski definition) is 5. The molecule has 2 heterocycles. The van der Waals surface area contributed by atoms with E-state index in [0.717, 1.165) is 22.1 Å². The number of aromatic nitrogens is 2. The number of aryl methyl sites for hydroxylation is 2. The topological polar surface area (TPSA) is 54.9 Å². The highest BCUT2D eigenvalue weighted by Gasteiger charge is 2.29. The Hall–Kier alpha value is -1.14. The van der Waals surface area contributed by atoms with Crippen molar-refractivity contribution in [2.45, 2.75) is 75.8 Å². The van der Waals surface area contributed by atoms with Gasteiger partial charge in [-0.25, -0.2) is 9.97 Å². The molecule has 1 N–H and O–H groups in total. The van der Waals surface area contributed by atoms with E-state index < -0.39 is 0 Å². The normalized spacial score (nSPS) is 17.6. The Labute approximate surface area is 157 Å². The quantitative estimate of drug-likeness (QED) is 0.633. The zero-order valence-corrected chi connectivity index (χ0v) is 16.8.